The molecule has 8 heteroatoms. The van der Waals surface area contributed by atoms with Gasteiger partial charge in [0.15, 0.2) is 0 Å². The molecule has 1 atom stereocenters. The molecule has 3 heterocycles. The highest BCUT2D eigenvalue weighted by atomic mass is 79.9. The zero-order valence-corrected chi connectivity index (χ0v) is 15.3. The second-order valence-electron chi connectivity index (χ2n) is 5.21. The van der Waals surface area contributed by atoms with Gasteiger partial charge >= 0.3 is 6.01 Å². The Kier molecular flexibility index (Phi) is 5.22. The Hall–Kier alpha value is -1.54. The number of rotatable bonds is 3. The summed E-state index contributed by atoms with van der Waals surface area (Å²) >= 11 is 6.63. The standard InChI is InChI=1S/C15H14Br2N4O2/c16-11-4-10(5-18-6-11)14(22)21-3-1-2-13(9-21)23-15-19-7-12(17)8-20-15/h4-8,13H,1-3,9H2. The van der Waals surface area contributed by atoms with Gasteiger partial charge in [0.25, 0.3) is 5.91 Å². The molecule has 0 saturated carbocycles. The van der Waals surface area contributed by atoms with Gasteiger partial charge in [-0.25, -0.2) is 9.97 Å². The summed E-state index contributed by atoms with van der Waals surface area (Å²) in [6.45, 7) is 1.23. The lowest BCUT2D eigenvalue weighted by Crippen LogP contribution is -2.44. The first-order valence-corrected chi connectivity index (χ1v) is 8.74. The van der Waals surface area contributed by atoms with Gasteiger partial charge in [-0.1, -0.05) is 0 Å². The minimum Gasteiger partial charge on any atom is -0.458 e. The fourth-order valence-corrected chi connectivity index (χ4v) is 3.01. The Morgan fingerprint density at radius 1 is 1.17 bits per heavy atom. The SMILES string of the molecule is O=C(c1cncc(Br)c1)N1CCCC(Oc2ncc(Br)cn2)C1. The third-order valence-corrected chi connectivity index (χ3v) is 4.33. The highest BCUT2D eigenvalue weighted by Gasteiger charge is 2.26. The molecule has 0 N–H and O–H groups in total. The number of ether oxygens (including phenoxy) is 1. The van der Waals surface area contributed by atoms with E-state index in [9.17, 15) is 4.79 Å². The topological polar surface area (TPSA) is 68.2 Å². The first kappa shape index (κ1) is 16.3. The van der Waals surface area contributed by atoms with E-state index >= 15 is 0 Å². The van der Waals surface area contributed by atoms with Crippen LogP contribution in [0, 0.1) is 0 Å². The lowest BCUT2D eigenvalue weighted by atomic mass is 10.1. The van der Waals surface area contributed by atoms with Crippen molar-refractivity contribution in [1.82, 2.24) is 19.9 Å². The van der Waals surface area contributed by atoms with E-state index < -0.39 is 0 Å². The average molecular weight is 442 g/mol. The molecule has 2 aromatic heterocycles. The number of piperidine rings is 1. The van der Waals surface area contributed by atoms with Crippen molar-refractivity contribution in [3.8, 4) is 6.01 Å². The molecule has 23 heavy (non-hydrogen) atoms. The second-order valence-corrected chi connectivity index (χ2v) is 7.04. The highest BCUT2D eigenvalue weighted by molar-refractivity contribution is 9.10. The summed E-state index contributed by atoms with van der Waals surface area (Å²) in [4.78, 5) is 26.6. The van der Waals surface area contributed by atoms with E-state index in [1.807, 2.05) is 0 Å². The van der Waals surface area contributed by atoms with Crippen LogP contribution >= 0.6 is 31.9 Å². The number of nitrogens with zero attached hydrogens (tertiary/aromatic N) is 4. The van der Waals surface area contributed by atoms with Gasteiger partial charge in [-0.2, -0.15) is 0 Å². The van der Waals surface area contributed by atoms with Gasteiger partial charge in [0.05, 0.1) is 16.6 Å². The molecule has 1 saturated heterocycles. The van der Waals surface area contributed by atoms with E-state index in [4.69, 9.17) is 4.74 Å². The zero-order valence-electron chi connectivity index (χ0n) is 12.2. The molecule has 6 nitrogen and oxygen atoms in total. The molecular weight excluding hydrogens is 428 g/mol. The van der Waals surface area contributed by atoms with Crippen LogP contribution in [-0.4, -0.2) is 45.0 Å². The number of aromatic nitrogens is 3. The van der Waals surface area contributed by atoms with Crippen molar-refractivity contribution >= 4 is 37.8 Å². The van der Waals surface area contributed by atoms with Crippen LogP contribution in [0.3, 0.4) is 0 Å². The summed E-state index contributed by atoms with van der Waals surface area (Å²) in [7, 11) is 0. The van der Waals surface area contributed by atoms with Crippen molar-refractivity contribution in [3.63, 3.8) is 0 Å². The van der Waals surface area contributed by atoms with Crippen molar-refractivity contribution in [3.05, 3.63) is 45.4 Å². The Labute approximate surface area is 150 Å². The van der Waals surface area contributed by atoms with Gasteiger partial charge in [-0.3, -0.25) is 9.78 Å². The summed E-state index contributed by atoms with van der Waals surface area (Å²) in [6.07, 6.45) is 8.17. The predicted molar refractivity (Wildman–Crippen MR) is 91.2 cm³/mol. The van der Waals surface area contributed by atoms with Crippen molar-refractivity contribution in [2.45, 2.75) is 18.9 Å². The van der Waals surface area contributed by atoms with Gasteiger partial charge in [-0.15, -0.1) is 0 Å². The Bertz CT molecular complexity index is 696. The molecule has 1 aliphatic heterocycles. The summed E-state index contributed by atoms with van der Waals surface area (Å²) in [5, 5.41) is 0. The molecule has 0 spiro atoms. The Balaban J connectivity index is 1.66. The molecular formula is C15H14Br2N4O2. The molecule has 2 aromatic rings. The summed E-state index contributed by atoms with van der Waals surface area (Å²) in [5.74, 6) is -0.0381. The molecule has 1 aliphatic rings. The fourth-order valence-electron chi connectivity index (χ4n) is 2.44. The van der Waals surface area contributed by atoms with Gasteiger partial charge in [0, 0.05) is 35.8 Å². The maximum absolute atomic E-state index is 12.6. The summed E-state index contributed by atoms with van der Waals surface area (Å²) < 4.78 is 7.38. The average Bonchev–Trinajstić information content (AvgIpc) is 2.56. The minimum atomic E-state index is -0.103. The molecule has 0 aliphatic carbocycles. The zero-order chi connectivity index (χ0) is 16.2. The van der Waals surface area contributed by atoms with Crippen LogP contribution in [-0.2, 0) is 0 Å². The Morgan fingerprint density at radius 3 is 2.70 bits per heavy atom. The lowest BCUT2D eigenvalue weighted by Gasteiger charge is -2.32. The lowest BCUT2D eigenvalue weighted by molar-refractivity contribution is 0.0515. The monoisotopic (exact) mass is 440 g/mol. The largest absolute Gasteiger partial charge is 0.458 e. The predicted octanol–water partition coefficient (Wildman–Crippen LogP) is 3.08. The van der Waals surface area contributed by atoms with Crippen LogP contribution in [0.2, 0.25) is 0 Å². The van der Waals surface area contributed by atoms with E-state index in [2.05, 4.69) is 46.8 Å². The van der Waals surface area contributed by atoms with E-state index in [1.165, 1.54) is 0 Å². The van der Waals surface area contributed by atoms with E-state index in [-0.39, 0.29) is 12.0 Å². The number of pyridine rings is 1. The van der Waals surface area contributed by atoms with E-state index in [1.54, 1.807) is 35.8 Å². The fraction of sp³-hybridized carbons (Fsp3) is 0.333. The maximum atomic E-state index is 12.6. The van der Waals surface area contributed by atoms with Crippen LogP contribution in [0.5, 0.6) is 6.01 Å². The molecule has 3 rings (SSSR count). The molecule has 0 aromatic carbocycles. The molecule has 0 bridgehead atoms. The molecule has 120 valence electrons. The first-order chi connectivity index (χ1) is 11.1. The number of carbonyl (C=O) groups is 1. The van der Waals surface area contributed by atoms with Crippen molar-refractivity contribution in [1.29, 1.82) is 0 Å². The van der Waals surface area contributed by atoms with Crippen LogP contribution < -0.4 is 4.74 Å². The van der Waals surface area contributed by atoms with Crippen molar-refractivity contribution in [2.75, 3.05) is 13.1 Å². The molecule has 0 radical (unpaired) electrons. The van der Waals surface area contributed by atoms with Gasteiger partial charge in [0.1, 0.15) is 6.10 Å². The number of amides is 1. The summed E-state index contributed by atoms with van der Waals surface area (Å²) in [5.41, 5.74) is 0.569. The smallest absolute Gasteiger partial charge is 0.316 e. The number of hydrogen-bond donors (Lipinski definition) is 0. The van der Waals surface area contributed by atoms with E-state index in [0.29, 0.717) is 24.7 Å². The third kappa shape index (κ3) is 4.26. The Morgan fingerprint density at radius 2 is 1.96 bits per heavy atom. The maximum Gasteiger partial charge on any atom is 0.316 e. The molecule has 1 amide bonds. The van der Waals surface area contributed by atoms with E-state index in [0.717, 1.165) is 21.8 Å². The quantitative estimate of drug-likeness (QED) is 0.732. The van der Waals surface area contributed by atoms with Crippen LogP contribution in [0.15, 0.2) is 39.8 Å². The number of halogens is 2. The number of likely N-dealkylation sites (tertiary alicyclic amines) is 1. The van der Waals surface area contributed by atoms with Crippen molar-refractivity contribution in [2.24, 2.45) is 0 Å². The van der Waals surface area contributed by atoms with Gasteiger partial charge in [-0.05, 0) is 50.8 Å². The van der Waals surface area contributed by atoms with Gasteiger partial charge in [0.2, 0.25) is 0 Å². The van der Waals surface area contributed by atoms with Crippen LogP contribution in [0.25, 0.3) is 0 Å². The molecule has 1 unspecified atom stereocenters. The summed E-state index contributed by atoms with van der Waals surface area (Å²) in [6, 6.07) is 2.11. The molecule has 1 fully saturated rings. The third-order valence-electron chi connectivity index (χ3n) is 3.49. The van der Waals surface area contributed by atoms with Gasteiger partial charge < -0.3 is 9.64 Å². The normalized spacial score (nSPS) is 17.8. The van der Waals surface area contributed by atoms with Crippen LogP contribution in [0.4, 0.5) is 0 Å². The highest BCUT2D eigenvalue weighted by Crippen LogP contribution is 2.19. The minimum absolute atomic E-state index is 0.0381. The first-order valence-electron chi connectivity index (χ1n) is 7.16. The van der Waals surface area contributed by atoms with Crippen molar-refractivity contribution < 1.29 is 9.53 Å². The van der Waals surface area contributed by atoms with Crippen LogP contribution in [0.1, 0.15) is 23.2 Å². The number of hydrogen-bond acceptors (Lipinski definition) is 5. The number of carbonyl (C=O) groups excluding carboxylic acids is 1. The second kappa shape index (κ2) is 7.35.